The van der Waals surface area contributed by atoms with Crippen molar-refractivity contribution in [2.45, 2.75) is 6.92 Å². The Hall–Kier alpha value is -3.00. The van der Waals surface area contributed by atoms with E-state index in [9.17, 15) is 4.79 Å². The smallest absolute Gasteiger partial charge is 0.343 e. The molecule has 0 saturated heterocycles. The number of ether oxygens (including phenoxy) is 1. The summed E-state index contributed by atoms with van der Waals surface area (Å²) in [5.41, 5.74) is 1.68. The summed E-state index contributed by atoms with van der Waals surface area (Å²) in [5.74, 6) is -0.266. The fraction of sp³-hybridized carbons (Fsp3) is 0.133. The first kappa shape index (κ1) is 17.4. The number of benzene rings is 1. The summed E-state index contributed by atoms with van der Waals surface area (Å²) < 4.78 is 4.98. The van der Waals surface area contributed by atoms with E-state index in [1.807, 2.05) is 0 Å². The van der Waals surface area contributed by atoms with Crippen LogP contribution in [0.3, 0.4) is 0 Å². The molecule has 0 aliphatic heterocycles. The Bertz CT molecular complexity index is 748. The van der Waals surface area contributed by atoms with Gasteiger partial charge in [-0.15, -0.1) is 0 Å². The Balaban J connectivity index is 2.18. The lowest BCUT2D eigenvalue weighted by molar-refractivity contribution is 0.0526. The van der Waals surface area contributed by atoms with Gasteiger partial charge in [-0.3, -0.25) is 5.41 Å². The van der Waals surface area contributed by atoms with Crippen LogP contribution in [0.25, 0.3) is 0 Å². The highest BCUT2D eigenvalue weighted by molar-refractivity contribution is 6.28. The molecule has 0 aliphatic rings. The molecule has 1 aromatic heterocycles. The number of aromatic nitrogens is 2. The lowest BCUT2D eigenvalue weighted by Crippen LogP contribution is -2.10. The molecule has 8 nitrogen and oxygen atoms in total. The fourth-order valence-corrected chi connectivity index (χ4v) is 1.88. The first-order chi connectivity index (χ1) is 11.6. The Labute approximate surface area is 143 Å². The summed E-state index contributed by atoms with van der Waals surface area (Å²) in [5, 5.41) is 12.7. The van der Waals surface area contributed by atoms with Crippen LogP contribution < -0.4 is 10.6 Å². The molecule has 3 N–H and O–H groups in total. The number of hydrogen-bond acceptors (Lipinski definition) is 6. The van der Waals surface area contributed by atoms with Crippen LogP contribution in [0.1, 0.15) is 17.3 Å². The van der Waals surface area contributed by atoms with Crippen molar-refractivity contribution in [2.24, 2.45) is 4.99 Å². The molecule has 0 amide bonds. The molecule has 0 fully saturated rings. The minimum absolute atomic E-state index is 0.0201. The van der Waals surface area contributed by atoms with E-state index in [0.29, 0.717) is 5.69 Å². The normalized spacial score (nSPS) is 10.4. The molecule has 0 radical (unpaired) electrons. The summed E-state index contributed by atoms with van der Waals surface area (Å²) in [7, 11) is 0. The number of anilines is 3. The van der Waals surface area contributed by atoms with Crippen molar-refractivity contribution in [1.82, 2.24) is 9.97 Å². The lowest BCUT2D eigenvalue weighted by atomic mass is 10.2. The minimum atomic E-state index is -0.530. The number of rotatable bonds is 7. The molecule has 24 heavy (non-hydrogen) atoms. The summed E-state index contributed by atoms with van der Waals surface area (Å²) in [6, 6.07) is 7.16. The highest BCUT2D eigenvalue weighted by Gasteiger charge is 2.15. The zero-order valence-corrected chi connectivity index (χ0v) is 13.5. The Morgan fingerprint density at radius 2 is 2.08 bits per heavy atom. The fourth-order valence-electron chi connectivity index (χ4n) is 1.75. The first-order valence-corrected chi connectivity index (χ1v) is 7.35. The van der Waals surface area contributed by atoms with E-state index in [4.69, 9.17) is 21.7 Å². The van der Waals surface area contributed by atoms with Gasteiger partial charge in [0.05, 0.1) is 12.9 Å². The summed E-state index contributed by atoms with van der Waals surface area (Å²) >= 11 is 5.80. The van der Waals surface area contributed by atoms with E-state index in [2.05, 4.69) is 25.6 Å². The molecule has 0 aliphatic carbocycles. The quantitative estimate of drug-likeness (QED) is 0.307. The van der Waals surface area contributed by atoms with Crippen LogP contribution in [-0.4, -0.2) is 35.2 Å². The number of nitrogens with zero attached hydrogens (tertiary/aromatic N) is 3. The van der Waals surface area contributed by atoms with E-state index in [1.165, 1.54) is 12.5 Å². The maximum absolute atomic E-state index is 11.9. The average molecular weight is 347 g/mol. The van der Waals surface area contributed by atoms with Crippen molar-refractivity contribution < 1.29 is 9.53 Å². The van der Waals surface area contributed by atoms with E-state index in [0.717, 1.165) is 12.0 Å². The Kier molecular flexibility index (Phi) is 6.21. The van der Waals surface area contributed by atoms with Gasteiger partial charge in [-0.05, 0) is 42.8 Å². The number of hydrogen-bond donors (Lipinski definition) is 3. The zero-order valence-electron chi connectivity index (χ0n) is 12.8. The molecule has 0 spiro atoms. The number of esters is 1. The molecule has 0 saturated carbocycles. The molecule has 0 atom stereocenters. The van der Waals surface area contributed by atoms with Crippen LogP contribution in [0.2, 0.25) is 5.28 Å². The molecule has 9 heteroatoms. The lowest BCUT2D eigenvalue weighted by Gasteiger charge is -2.10. The standard InChI is InChI=1S/C15H15ClN6O2/c1-2-24-14(23)12-7-19-15(16)22-13(12)21-11-5-3-10(4-6-11)20-9-18-8-17/h3-9H,2H2,1H3,(H2,17,18,20)(H,19,21,22). The zero-order chi connectivity index (χ0) is 17.4. The number of nitrogens with one attached hydrogen (secondary N) is 3. The van der Waals surface area contributed by atoms with Crippen molar-refractivity contribution in [3.63, 3.8) is 0 Å². The SMILES string of the molecule is CCOC(=O)c1cnc(Cl)nc1Nc1ccc(N/C=N\C=N)cc1. The number of aliphatic imine (C=N–C) groups is 1. The third-order valence-electron chi connectivity index (χ3n) is 2.78. The Morgan fingerprint density at radius 3 is 2.75 bits per heavy atom. The monoisotopic (exact) mass is 346 g/mol. The second kappa shape index (κ2) is 8.59. The van der Waals surface area contributed by atoms with Crippen LogP contribution in [0, 0.1) is 5.41 Å². The van der Waals surface area contributed by atoms with E-state index in [-0.39, 0.29) is 23.3 Å². The molecular weight excluding hydrogens is 332 g/mol. The van der Waals surface area contributed by atoms with Gasteiger partial charge in [0.2, 0.25) is 5.28 Å². The van der Waals surface area contributed by atoms with E-state index >= 15 is 0 Å². The number of carbonyl (C=O) groups excluding carboxylic acids is 1. The van der Waals surface area contributed by atoms with Gasteiger partial charge < -0.3 is 15.4 Å². The average Bonchev–Trinajstić information content (AvgIpc) is 2.57. The van der Waals surface area contributed by atoms with Crippen LogP contribution >= 0.6 is 11.6 Å². The molecule has 124 valence electrons. The molecule has 2 aromatic rings. The molecule has 0 unspecified atom stereocenters. The summed E-state index contributed by atoms with van der Waals surface area (Å²) in [6.07, 6.45) is 3.65. The largest absolute Gasteiger partial charge is 0.462 e. The summed E-state index contributed by atoms with van der Waals surface area (Å²) in [4.78, 5) is 23.4. The number of halogens is 1. The molecular formula is C15H15ClN6O2. The van der Waals surface area contributed by atoms with Crippen molar-refractivity contribution in [3.05, 3.63) is 41.3 Å². The Morgan fingerprint density at radius 1 is 1.38 bits per heavy atom. The van der Waals surface area contributed by atoms with Crippen molar-refractivity contribution in [2.75, 3.05) is 17.2 Å². The van der Waals surface area contributed by atoms with Crippen molar-refractivity contribution in [1.29, 1.82) is 5.41 Å². The van der Waals surface area contributed by atoms with Crippen molar-refractivity contribution >= 4 is 47.4 Å². The molecule has 0 bridgehead atoms. The molecule has 1 heterocycles. The first-order valence-electron chi connectivity index (χ1n) is 6.98. The third kappa shape index (κ3) is 4.75. The van der Waals surface area contributed by atoms with Crippen LogP contribution in [0.5, 0.6) is 0 Å². The van der Waals surface area contributed by atoms with Crippen LogP contribution in [-0.2, 0) is 4.74 Å². The predicted molar refractivity (Wildman–Crippen MR) is 93.6 cm³/mol. The van der Waals surface area contributed by atoms with E-state index < -0.39 is 5.97 Å². The van der Waals surface area contributed by atoms with Gasteiger partial charge in [0.1, 0.15) is 17.7 Å². The van der Waals surface area contributed by atoms with Gasteiger partial charge >= 0.3 is 5.97 Å². The molecule has 2 rings (SSSR count). The highest BCUT2D eigenvalue weighted by atomic mass is 35.5. The second-order valence-electron chi connectivity index (χ2n) is 4.38. The van der Waals surface area contributed by atoms with Crippen LogP contribution in [0.15, 0.2) is 35.5 Å². The predicted octanol–water partition coefficient (Wildman–Crippen LogP) is 3.10. The maximum Gasteiger partial charge on any atom is 0.343 e. The molecule has 1 aromatic carbocycles. The minimum Gasteiger partial charge on any atom is -0.462 e. The van der Waals surface area contributed by atoms with E-state index in [1.54, 1.807) is 31.2 Å². The highest BCUT2D eigenvalue weighted by Crippen LogP contribution is 2.22. The topological polar surface area (TPSA) is 112 Å². The van der Waals surface area contributed by atoms with Gasteiger partial charge in [-0.1, -0.05) is 0 Å². The van der Waals surface area contributed by atoms with Crippen LogP contribution in [0.4, 0.5) is 17.2 Å². The second-order valence-corrected chi connectivity index (χ2v) is 4.71. The maximum atomic E-state index is 11.9. The van der Waals surface area contributed by atoms with Gasteiger partial charge in [-0.25, -0.2) is 14.8 Å². The van der Waals surface area contributed by atoms with Gasteiger partial charge in [0, 0.05) is 17.6 Å². The number of carbonyl (C=O) groups is 1. The van der Waals surface area contributed by atoms with Gasteiger partial charge in [-0.2, -0.15) is 4.98 Å². The summed E-state index contributed by atoms with van der Waals surface area (Å²) in [6.45, 7) is 1.97. The van der Waals surface area contributed by atoms with Gasteiger partial charge in [0.15, 0.2) is 0 Å². The van der Waals surface area contributed by atoms with Gasteiger partial charge in [0.25, 0.3) is 0 Å². The third-order valence-corrected chi connectivity index (χ3v) is 2.96. The van der Waals surface area contributed by atoms with Crippen molar-refractivity contribution in [3.8, 4) is 0 Å².